The summed E-state index contributed by atoms with van der Waals surface area (Å²) in [6.07, 6.45) is -0.0179. The standard InChI is InChI=1S/C19H15ClF2N2O3S2/c20-14-8-13(5-6-15(14)22)24-16-9-29(26,27)10-17(16)28-19(24)23-18(25)7-11-1-3-12(21)4-2-11/h1-6,8,16-17H,7,9-10H2/t16-,17+/m0/s1. The lowest BCUT2D eigenvalue weighted by atomic mass is 10.1. The Morgan fingerprint density at radius 1 is 1.17 bits per heavy atom. The molecule has 2 heterocycles. The molecule has 0 spiro atoms. The van der Waals surface area contributed by atoms with E-state index < -0.39 is 33.4 Å². The summed E-state index contributed by atoms with van der Waals surface area (Å²) in [5.41, 5.74) is 1.09. The van der Waals surface area contributed by atoms with E-state index in [1.165, 1.54) is 54.2 Å². The van der Waals surface area contributed by atoms with Gasteiger partial charge in [-0.2, -0.15) is 4.99 Å². The highest BCUT2D eigenvalue weighted by Crippen LogP contribution is 2.41. The topological polar surface area (TPSA) is 66.8 Å². The number of carbonyl (C=O) groups is 1. The van der Waals surface area contributed by atoms with Crippen molar-refractivity contribution < 1.29 is 22.0 Å². The number of hydrogen-bond donors (Lipinski definition) is 0. The van der Waals surface area contributed by atoms with Crippen LogP contribution in [-0.4, -0.2) is 42.3 Å². The summed E-state index contributed by atoms with van der Waals surface area (Å²) in [7, 11) is -3.21. The van der Waals surface area contributed by atoms with Crippen LogP contribution >= 0.6 is 23.4 Å². The third kappa shape index (κ3) is 4.31. The summed E-state index contributed by atoms with van der Waals surface area (Å²) in [5, 5.41) is -0.0281. The van der Waals surface area contributed by atoms with E-state index in [-0.39, 0.29) is 28.2 Å². The quantitative estimate of drug-likeness (QED) is 0.707. The van der Waals surface area contributed by atoms with Crippen molar-refractivity contribution in [3.05, 3.63) is 64.7 Å². The van der Waals surface area contributed by atoms with Gasteiger partial charge in [-0.3, -0.25) is 4.79 Å². The van der Waals surface area contributed by atoms with Gasteiger partial charge in [-0.05, 0) is 35.9 Å². The Labute approximate surface area is 175 Å². The second-order valence-corrected chi connectivity index (χ2v) is 10.6. The number of nitrogens with zero attached hydrogens (tertiary/aromatic N) is 2. The van der Waals surface area contributed by atoms with E-state index in [0.717, 1.165) is 0 Å². The van der Waals surface area contributed by atoms with Crippen molar-refractivity contribution in [2.24, 2.45) is 4.99 Å². The number of carbonyl (C=O) groups excluding carboxylic acids is 1. The molecular weight excluding hydrogens is 442 g/mol. The second-order valence-electron chi connectivity index (χ2n) is 6.86. The van der Waals surface area contributed by atoms with Gasteiger partial charge in [0.1, 0.15) is 11.6 Å². The number of amidine groups is 1. The molecule has 0 aromatic heterocycles. The van der Waals surface area contributed by atoms with Gasteiger partial charge in [0.25, 0.3) is 5.91 Å². The van der Waals surface area contributed by atoms with E-state index >= 15 is 0 Å². The third-order valence-corrected chi connectivity index (χ3v) is 8.24. The zero-order valence-electron chi connectivity index (χ0n) is 14.9. The lowest BCUT2D eigenvalue weighted by molar-refractivity contribution is -0.117. The van der Waals surface area contributed by atoms with E-state index in [1.54, 1.807) is 4.90 Å². The van der Waals surface area contributed by atoms with Crippen LogP contribution in [0, 0.1) is 11.6 Å². The number of halogens is 3. The van der Waals surface area contributed by atoms with Gasteiger partial charge in [-0.15, -0.1) is 0 Å². The average Bonchev–Trinajstić information content (AvgIpc) is 3.10. The van der Waals surface area contributed by atoms with Crippen LogP contribution in [0.5, 0.6) is 0 Å². The van der Waals surface area contributed by atoms with Crippen LogP contribution < -0.4 is 4.90 Å². The molecule has 2 saturated heterocycles. The van der Waals surface area contributed by atoms with Crippen LogP contribution in [0.15, 0.2) is 47.5 Å². The molecule has 2 aliphatic rings. The first kappa shape index (κ1) is 20.3. The minimum atomic E-state index is -3.21. The van der Waals surface area contributed by atoms with Gasteiger partial charge in [0.05, 0.1) is 29.0 Å². The highest BCUT2D eigenvalue weighted by molar-refractivity contribution is 8.16. The fourth-order valence-corrected chi connectivity index (χ4v) is 7.53. The number of thioether (sulfide) groups is 1. The monoisotopic (exact) mass is 456 g/mol. The zero-order chi connectivity index (χ0) is 20.8. The molecule has 2 aromatic carbocycles. The number of hydrogen-bond acceptors (Lipinski definition) is 4. The number of aliphatic imine (C=N–C) groups is 1. The van der Waals surface area contributed by atoms with E-state index in [4.69, 9.17) is 11.6 Å². The van der Waals surface area contributed by atoms with Crippen molar-refractivity contribution in [1.29, 1.82) is 0 Å². The molecule has 152 valence electrons. The summed E-state index contributed by atoms with van der Waals surface area (Å²) < 4.78 is 50.8. The molecule has 2 aliphatic heterocycles. The molecule has 0 radical (unpaired) electrons. The summed E-state index contributed by atoms with van der Waals surface area (Å²) in [6.45, 7) is 0. The van der Waals surface area contributed by atoms with Crippen LogP contribution in [0.1, 0.15) is 5.56 Å². The predicted molar refractivity (Wildman–Crippen MR) is 110 cm³/mol. The van der Waals surface area contributed by atoms with Crippen LogP contribution in [-0.2, 0) is 21.1 Å². The molecule has 0 unspecified atom stereocenters. The molecule has 10 heteroatoms. The fraction of sp³-hybridized carbons (Fsp3) is 0.263. The van der Waals surface area contributed by atoms with Gasteiger partial charge in [0.15, 0.2) is 15.0 Å². The summed E-state index contributed by atoms with van der Waals surface area (Å²) >= 11 is 7.12. The summed E-state index contributed by atoms with van der Waals surface area (Å²) in [6, 6.07) is 9.20. The van der Waals surface area contributed by atoms with Crippen LogP contribution in [0.2, 0.25) is 5.02 Å². The first-order valence-electron chi connectivity index (χ1n) is 8.69. The number of benzene rings is 2. The van der Waals surface area contributed by atoms with Crippen molar-refractivity contribution in [1.82, 2.24) is 0 Å². The maximum absolute atomic E-state index is 13.6. The minimum absolute atomic E-state index is 0.0149. The highest BCUT2D eigenvalue weighted by atomic mass is 35.5. The average molecular weight is 457 g/mol. The Balaban J connectivity index is 1.65. The number of sulfone groups is 1. The van der Waals surface area contributed by atoms with Crippen molar-refractivity contribution in [3.63, 3.8) is 0 Å². The molecule has 4 rings (SSSR count). The van der Waals surface area contributed by atoms with E-state index in [2.05, 4.69) is 4.99 Å². The van der Waals surface area contributed by atoms with Gasteiger partial charge in [-0.1, -0.05) is 35.5 Å². The number of fused-ring (bicyclic) bond motifs is 1. The number of anilines is 1. The van der Waals surface area contributed by atoms with Crippen LogP contribution in [0.4, 0.5) is 14.5 Å². The summed E-state index contributed by atoms with van der Waals surface area (Å²) in [5.74, 6) is -1.53. The van der Waals surface area contributed by atoms with Gasteiger partial charge < -0.3 is 4.90 Å². The first-order chi connectivity index (χ1) is 13.7. The van der Waals surface area contributed by atoms with Gasteiger partial charge in [0, 0.05) is 10.9 Å². The van der Waals surface area contributed by atoms with Crippen LogP contribution in [0.3, 0.4) is 0 Å². The number of amides is 1. The molecule has 1 amide bonds. The van der Waals surface area contributed by atoms with Crippen molar-refractivity contribution in [2.75, 3.05) is 16.4 Å². The Hall–Kier alpha value is -1.97. The summed E-state index contributed by atoms with van der Waals surface area (Å²) in [4.78, 5) is 18.3. The Morgan fingerprint density at radius 2 is 1.90 bits per heavy atom. The molecule has 0 bridgehead atoms. The van der Waals surface area contributed by atoms with Crippen molar-refractivity contribution in [2.45, 2.75) is 17.7 Å². The molecule has 2 fully saturated rings. The zero-order valence-corrected chi connectivity index (χ0v) is 17.3. The lowest BCUT2D eigenvalue weighted by Crippen LogP contribution is -2.37. The minimum Gasteiger partial charge on any atom is -0.316 e. The molecule has 0 saturated carbocycles. The largest absolute Gasteiger partial charge is 0.316 e. The predicted octanol–water partition coefficient (Wildman–Crippen LogP) is 3.46. The Kier molecular flexibility index (Phi) is 5.39. The van der Waals surface area contributed by atoms with Gasteiger partial charge >= 0.3 is 0 Å². The van der Waals surface area contributed by atoms with E-state index in [9.17, 15) is 22.0 Å². The third-order valence-electron chi connectivity index (χ3n) is 4.74. The SMILES string of the molecule is O=C(Cc1ccc(F)cc1)N=C1S[C@@H]2CS(=O)(=O)C[C@@H]2N1c1ccc(F)c(Cl)c1. The molecule has 0 aliphatic carbocycles. The number of rotatable bonds is 3. The molecule has 2 atom stereocenters. The fourth-order valence-electron chi connectivity index (χ4n) is 3.42. The Morgan fingerprint density at radius 3 is 2.59 bits per heavy atom. The molecule has 5 nitrogen and oxygen atoms in total. The molecule has 2 aromatic rings. The normalized spacial score (nSPS) is 24.1. The second kappa shape index (κ2) is 7.70. The molecular formula is C19H15ClF2N2O3S2. The van der Waals surface area contributed by atoms with Gasteiger partial charge in [0.2, 0.25) is 0 Å². The smallest absolute Gasteiger partial charge is 0.252 e. The lowest BCUT2D eigenvalue weighted by Gasteiger charge is -2.24. The maximum atomic E-state index is 13.6. The van der Waals surface area contributed by atoms with Crippen molar-refractivity contribution >= 4 is 50.0 Å². The van der Waals surface area contributed by atoms with Crippen LogP contribution in [0.25, 0.3) is 0 Å². The highest BCUT2D eigenvalue weighted by Gasteiger charge is 2.49. The molecule has 29 heavy (non-hydrogen) atoms. The Bertz CT molecular complexity index is 1110. The first-order valence-corrected chi connectivity index (χ1v) is 11.8. The van der Waals surface area contributed by atoms with Crippen molar-refractivity contribution in [3.8, 4) is 0 Å². The van der Waals surface area contributed by atoms with Gasteiger partial charge in [-0.25, -0.2) is 17.2 Å². The molecule has 0 N–H and O–H groups in total. The van der Waals surface area contributed by atoms with E-state index in [0.29, 0.717) is 16.4 Å². The maximum Gasteiger partial charge on any atom is 0.252 e. The van der Waals surface area contributed by atoms with E-state index in [1.807, 2.05) is 0 Å².